The van der Waals surface area contributed by atoms with Gasteiger partial charge in [0, 0.05) is 11.9 Å². The second kappa shape index (κ2) is 9.23. The number of rotatable bonds is 7. The lowest BCUT2D eigenvalue weighted by Gasteiger charge is -2.10. The van der Waals surface area contributed by atoms with Gasteiger partial charge in [-0.25, -0.2) is 14.5 Å². The minimum atomic E-state index is -0.500. The van der Waals surface area contributed by atoms with Gasteiger partial charge in [-0.3, -0.25) is 9.59 Å². The Balaban J connectivity index is 1.96. The van der Waals surface area contributed by atoms with Crippen molar-refractivity contribution in [1.82, 2.24) is 15.2 Å². The third kappa shape index (κ3) is 4.56. The van der Waals surface area contributed by atoms with Gasteiger partial charge in [-0.05, 0) is 36.6 Å². The number of carbonyl (C=O) groups excluding carboxylic acids is 1. The van der Waals surface area contributed by atoms with Crippen molar-refractivity contribution in [2.45, 2.75) is 39.7 Å². The molecule has 6 nitrogen and oxygen atoms in total. The summed E-state index contributed by atoms with van der Waals surface area (Å²) in [6, 6.07) is 12.8. The van der Waals surface area contributed by atoms with Gasteiger partial charge < -0.3 is 0 Å². The van der Waals surface area contributed by atoms with Gasteiger partial charge in [0.25, 0.3) is 11.5 Å². The van der Waals surface area contributed by atoms with Crippen LogP contribution >= 0.6 is 0 Å². The van der Waals surface area contributed by atoms with Crippen LogP contribution in [0.2, 0.25) is 0 Å². The van der Waals surface area contributed by atoms with E-state index < -0.39 is 5.91 Å². The summed E-state index contributed by atoms with van der Waals surface area (Å²) in [6.45, 7) is 4.36. The first kappa shape index (κ1) is 20.4. The molecule has 0 saturated carbocycles. The van der Waals surface area contributed by atoms with Crippen molar-refractivity contribution in [2.75, 3.05) is 0 Å². The van der Waals surface area contributed by atoms with E-state index in [1.54, 1.807) is 36.4 Å². The molecule has 150 valence electrons. The smallest absolute Gasteiger partial charge is 0.267 e. The molecule has 0 aliphatic heterocycles. The van der Waals surface area contributed by atoms with Gasteiger partial charge in [-0.15, -0.1) is 0 Å². The fourth-order valence-electron chi connectivity index (χ4n) is 3.02. The molecular weight excluding hydrogens is 371 g/mol. The highest BCUT2D eigenvalue weighted by Crippen LogP contribution is 2.14. The Hall–Kier alpha value is -3.35. The molecule has 7 heteroatoms. The summed E-state index contributed by atoms with van der Waals surface area (Å²) < 4.78 is 14.5. The summed E-state index contributed by atoms with van der Waals surface area (Å²) in [4.78, 5) is 25.5. The van der Waals surface area contributed by atoms with Crippen LogP contribution in [0.1, 0.15) is 49.2 Å². The Kier molecular flexibility index (Phi) is 6.49. The molecule has 0 atom stereocenters. The van der Waals surface area contributed by atoms with E-state index in [4.69, 9.17) is 0 Å². The maximum absolute atomic E-state index is 13.2. The van der Waals surface area contributed by atoms with E-state index in [0.29, 0.717) is 29.4 Å². The quantitative estimate of drug-likeness (QED) is 0.488. The largest absolute Gasteiger partial charge is 0.292 e. The topological polar surface area (TPSA) is 76.3 Å². The zero-order chi connectivity index (χ0) is 20.8. The van der Waals surface area contributed by atoms with Crippen LogP contribution in [-0.4, -0.2) is 21.4 Å². The zero-order valence-corrected chi connectivity index (χ0v) is 16.5. The average Bonchev–Trinajstić information content (AvgIpc) is 2.75. The molecule has 0 aliphatic carbocycles. The lowest BCUT2D eigenvalue weighted by Crippen LogP contribution is -2.29. The fraction of sp³-hybridized carbons (Fsp3) is 0.273. The van der Waals surface area contributed by atoms with Crippen LogP contribution < -0.4 is 11.0 Å². The predicted molar refractivity (Wildman–Crippen MR) is 112 cm³/mol. The van der Waals surface area contributed by atoms with E-state index in [-0.39, 0.29) is 17.1 Å². The van der Waals surface area contributed by atoms with E-state index in [0.717, 1.165) is 18.4 Å². The lowest BCUT2D eigenvalue weighted by molar-refractivity contribution is 0.0949. The second-order valence-electron chi connectivity index (χ2n) is 6.64. The number of hydrogen-bond acceptors (Lipinski definition) is 4. The van der Waals surface area contributed by atoms with Gasteiger partial charge in [0.2, 0.25) is 0 Å². The van der Waals surface area contributed by atoms with E-state index in [9.17, 15) is 14.0 Å². The molecule has 1 N–H and O–H groups in total. The molecule has 0 bridgehead atoms. The number of hydrogen-bond donors (Lipinski definition) is 1. The van der Waals surface area contributed by atoms with Crippen molar-refractivity contribution >= 4 is 22.4 Å². The first-order valence-corrected chi connectivity index (χ1v) is 9.67. The standard InChI is InChI=1S/C22H23FN4O2/c1-3-5-14-27-22(29)18-9-7-6-8-17(18)20(26-27)21(28)25-24-19(4-2)15-10-12-16(23)13-11-15/h6-13H,3-5,14H2,1-2H3,(H,25,28)/b24-19+. The van der Waals surface area contributed by atoms with E-state index in [2.05, 4.69) is 15.6 Å². The fourth-order valence-corrected chi connectivity index (χ4v) is 3.02. The molecule has 0 fully saturated rings. The minimum absolute atomic E-state index is 0.148. The minimum Gasteiger partial charge on any atom is -0.267 e. The molecular formula is C22H23FN4O2. The van der Waals surface area contributed by atoms with Crippen molar-refractivity contribution < 1.29 is 9.18 Å². The Bertz CT molecular complexity index is 1100. The van der Waals surface area contributed by atoms with Gasteiger partial charge in [-0.1, -0.05) is 50.6 Å². The van der Waals surface area contributed by atoms with Crippen LogP contribution in [0.5, 0.6) is 0 Å². The number of aromatic nitrogens is 2. The summed E-state index contributed by atoms with van der Waals surface area (Å²) in [5.41, 5.74) is 3.80. The number of halogens is 1. The van der Waals surface area contributed by atoms with Crippen molar-refractivity contribution in [3.05, 3.63) is 76.0 Å². The SMILES string of the molecule is CCCCn1nc(C(=O)N/N=C(\CC)c2ccc(F)cc2)c2ccccc2c1=O. The molecule has 3 rings (SSSR count). The van der Waals surface area contributed by atoms with Crippen molar-refractivity contribution in [2.24, 2.45) is 5.10 Å². The van der Waals surface area contributed by atoms with Crippen molar-refractivity contribution in [3.63, 3.8) is 0 Å². The highest BCUT2D eigenvalue weighted by atomic mass is 19.1. The monoisotopic (exact) mass is 394 g/mol. The normalized spacial score (nSPS) is 11.6. The number of amides is 1. The van der Waals surface area contributed by atoms with Crippen LogP contribution in [0, 0.1) is 5.82 Å². The number of benzene rings is 2. The van der Waals surface area contributed by atoms with Crippen molar-refractivity contribution in [1.29, 1.82) is 0 Å². The van der Waals surface area contributed by atoms with Gasteiger partial charge >= 0.3 is 0 Å². The highest BCUT2D eigenvalue weighted by molar-refractivity contribution is 6.06. The molecule has 0 unspecified atom stereocenters. The maximum Gasteiger partial charge on any atom is 0.292 e. The maximum atomic E-state index is 13.2. The molecule has 3 aromatic rings. The van der Waals surface area contributed by atoms with Gasteiger partial charge in [0.15, 0.2) is 5.69 Å². The van der Waals surface area contributed by atoms with Crippen LogP contribution in [-0.2, 0) is 6.54 Å². The summed E-state index contributed by atoms with van der Waals surface area (Å²) in [5, 5.41) is 9.44. The Morgan fingerprint density at radius 1 is 1.10 bits per heavy atom. The van der Waals surface area contributed by atoms with Crippen molar-refractivity contribution in [3.8, 4) is 0 Å². The van der Waals surface area contributed by atoms with Gasteiger partial charge in [-0.2, -0.15) is 10.2 Å². The van der Waals surface area contributed by atoms with E-state index >= 15 is 0 Å². The molecule has 0 spiro atoms. The molecule has 1 aromatic heterocycles. The molecule has 29 heavy (non-hydrogen) atoms. The van der Waals surface area contributed by atoms with Gasteiger partial charge in [0.05, 0.1) is 11.1 Å². The van der Waals surface area contributed by atoms with Crippen LogP contribution in [0.15, 0.2) is 58.4 Å². The number of aryl methyl sites for hydroxylation is 1. The van der Waals surface area contributed by atoms with E-state index in [1.165, 1.54) is 16.8 Å². The molecule has 0 saturated heterocycles. The molecule has 0 radical (unpaired) electrons. The summed E-state index contributed by atoms with van der Waals surface area (Å²) in [5.74, 6) is -0.835. The predicted octanol–water partition coefficient (Wildman–Crippen LogP) is 3.88. The molecule has 1 amide bonds. The summed E-state index contributed by atoms with van der Waals surface area (Å²) in [6.07, 6.45) is 2.25. The highest BCUT2D eigenvalue weighted by Gasteiger charge is 2.16. The van der Waals surface area contributed by atoms with Gasteiger partial charge in [0.1, 0.15) is 5.82 Å². The molecule has 0 aliphatic rings. The third-order valence-corrected chi connectivity index (χ3v) is 4.61. The third-order valence-electron chi connectivity index (χ3n) is 4.61. The molecule has 2 aromatic carbocycles. The van der Waals surface area contributed by atoms with Crippen LogP contribution in [0.3, 0.4) is 0 Å². The van der Waals surface area contributed by atoms with Crippen LogP contribution in [0.25, 0.3) is 10.8 Å². The Labute approximate surface area is 168 Å². The number of nitrogens with one attached hydrogen (secondary N) is 1. The molecule has 1 heterocycles. The number of nitrogens with zero attached hydrogens (tertiary/aromatic N) is 3. The number of unbranched alkanes of at least 4 members (excludes halogenated alkanes) is 1. The second-order valence-corrected chi connectivity index (χ2v) is 6.64. The average molecular weight is 394 g/mol. The first-order valence-electron chi connectivity index (χ1n) is 9.67. The summed E-state index contributed by atoms with van der Waals surface area (Å²) in [7, 11) is 0. The number of hydrazone groups is 1. The Morgan fingerprint density at radius 2 is 1.79 bits per heavy atom. The van der Waals surface area contributed by atoms with E-state index in [1.807, 2.05) is 13.8 Å². The first-order chi connectivity index (χ1) is 14.0. The Morgan fingerprint density at radius 3 is 2.45 bits per heavy atom. The zero-order valence-electron chi connectivity index (χ0n) is 16.5. The summed E-state index contributed by atoms with van der Waals surface area (Å²) >= 11 is 0. The number of fused-ring (bicyclic) bond motifs is 1. The van der Waals surface area contributed by atoms with Crippen LogP contribution in [0.4, 0.5) is 4.39 Å². The lowest BCUT2D eigenvalue weighted by atomic mass is 10.1. The number of carbonyl (C=O) groups is 1.